The van der Waals surface area contributed by atoms with E-state index in [1.165, 1.54) is 0 Å². The summed E-state index contributed by atoms with van der Waals surface area (Å²) >= 11 is 0. The molecule has 5 saturated carbocycles. The second kappa shape index (κ2) is 11.5. The molecule has 5 aliphatic rings. The lowest BCUT2D eigenvalue weighted by Crippen LogP contribution is -2.51. The fraction of sp³-hybridized carbons (Fsp3) is 0.600. The van der Waals surface area contributed by atoms with Crippen molar-refractivity contribution in [3.63, 3.8) is 0 Å². The van der Waals surface area contributed by atoms with Gasteiger partial charge < -0.3 is 14.2 Å². The third-order valence-electron chi connectivity index (χ3n) is 10.9. The van der Waals surface area contributed by atoms with Crippen LogP contribution in [0.15, 0.2) is 47.1 Å². The lowest BCUT2D eigenvalue weighted by atomic mass is 9.53. The molecule has 2 bridgehead atoms. The monoisotopic (exact) mass is 604 g/mol. The number of hydrogen-bond donors (Lipinski definition) is 0. The number of hydrogen-bond acceptors (Lipinski definition) is 6. The normalized spacial score (nSPS) is 26.4. The second-order valence-electron chi connectivity index (χ2n) is 13.9. The van der Waals surface area contributed by atoms with Crippen molar-refractivity contribution in [1.29, 1.82) is 0 Å². The van der Waals surface area contributed by atoms with Crippen LogP contribution in [0.2, 0.25) is 0 Å². The molecule has 3 aromatic rings. The van der Waals surface area contributed by atoms with Crippen LogP contribution in [0.4, 0.5) is 14.5 Å². The quantitative estimate of drug-likeness (QED) is 0.232. The largest absolute Gasteiger partial charge is 0.478 e. The number of nitrogens with zero attached hydrogens (tertiary/aromatic N) is 4. The molecule has 0 atom stereocenters. The first-order valence-corrected chi connectivity index (χ1v) is 16.5. The smallest absolute Gasteiger partial charge is 0.248 e. The Morgan fingerprint density at radius 1 is 0.977 bits per heavy atom. The van der Waals surface area contributed by atoms with Crippen LogP contribution in [0.3, 0.4) is 0 Å². The van der Waals surface area contributed by atoms with E-state index in [0.29, 0.717) is 44.2 Å². The highest BCUT2D eigenvalue weighted by molar-refractivity contribution is 5.94. The second-order valence-corrected chi connectivity index (χ2v) is 13.9. The molecule has 9 heteroatoms. The maximum atomic E-state index is 14.1. The lowest BCUT2D eigenvalue weighted by molar-refractivity contribution is -0.121. The van der Waals surface area contributed by atoms with Gasteiger partial charge in [0.1, 0.15) is 0 Å². The number of amides is 1. The first kappa shape index (κ1) is 29.4. The summed E-state index contributed by atoms with van der Waals surface area (Å²) in [5.41, 5.74) is 2.75. The summed E-state index contributed by atoms with van der Waals surface area (Å²) in [5.74, 6) is 0.134. The van der Waals surface area contributed by atoms with Crippen molar-refractivity contribution in [2.75, 3.05) is 18.1 Å². The van der Waals surface area contributed by atoms with Crippen molar-refractivity contribution < 1.29 is 22.8 Å². The fourth-order valence-electron chi connectivity index (χ4n) is 7.77. The first-order valence-electron chi connectivity index (χ1n) is 16.5. The number of anilines is 1. The zero-order valence-electron chi connectivity index (χ0n) is 25.6. The molecule has 234 valence electrons. The van der Waals surface area contributed by atoms with Crippen molar-refractivity contribution in [3.8, 4) is 17.0 Å². The van der Waals surface area contributed by atoms with Crippen LogP contribution < -0.4 is 9.64 Å². The van der Waals surface area contributed by atoms with Crippen molar-refractivity contribution in [1.82, 2.24) is 15.1 Å². The van der Waals surface area contributed by atoms with Crippen molar-refractivity contribution >= 4 is 11.6 Å². The summed E-state index contributed by atoms with van der Waals surface area (Å²) in [6, 6.07) is 12.0. The van der Waals surface area contributed by atoms with Gasteiger partial charge in [0.25, 0.3) is 0 Å². The number of rotatable bonds is 10. The van der Waals surface area contributed by atoms with E-state index in [-0.39, 0.29) is 35.5 Å². The number of aromatic nitrogens is 3. The Morgan fingerprint density at radius 3 is 2.41 bits per heavy atom. The number of pyridine rings is 1. The Hall–Kier alpha value is -3.36. The summed E-state index contributed by atoms with van der Waals surface area (Å²) in [6.45, 7) is 3.09. The summed E-state index contributed by atoms with van der Waals surface area (Å²) in [5, 5.41) is 4.31. The molecule has 44 heavy (non-hydrogen) atoms. The molecule has 5 fully saturated rings. The van der Waals surface area contributed by atoms with Crippen LogP contribution in [-0.2, 0) is 10.2 Å². The number of ether oxygens (including phenoxy) is 1. The van der Waals surface area contributed by atoms with Crippen LogP contribution in [0.1, 0.15) is 108 Å². The standard InChI is InChI=1S/C35H42F2N4O3/c1-2-43-29-22-27(10-19-38-29)26-4-3-5-28(21-26)41(30(42)20-24-8-11-35(36,37)12-9-24)23-33-13-16-34(17-14-33,18-15-33)32-39-31(40-44-32)25-6-7-25/h3-5,10,19,21-22,24-25H,2,6-9,11-18,20,23H2,1H3. The highest BCUT2D eigenvalue weighted by Crippen LogP contribution is 2.58. The van der Waals surface area contributed by atoms with Gasteiger partial charge in [0, 0.05) is 55.1 Å². The molecule has 8 rings (SSSR count). The van der Waals surface area contributed by atoms with E-state index >= 15 is 0 Å². The molecule has 0 N–H and O–H groups in total. The van der Waals surface area contributed by atoms with Gasteiger partial charge in [0.15, 0.2) is 5.82 Å². The molecule has 0 saturated heterocycles. The molecule has 2 heterocycles. The number of carbonyl (C=O) groups is 1. The summed E-state index contributed by atoms with van der Waals surface area (Å²) < 4.78 is 39.3. The maximum Gasteiger partial charge on any atom is 0.248 e. The Kier molecular flexibility index (Phi) is 7.69. The molecule has 2 aromatic heterocycles. The van der Waals surface area contributed by atoms with Gasteiger partial charge in [-0.25, -0.2) is 13.8 Å². The Labute approximate surface area is 257 Å². The average Bonchev–Trinajstić information content (AvgIpc) is 3.77. The predicted molar refractivity (Wildman–Crippen MR) is 163 cm³/mol. The SMILES string of the molecule is CCOc1cc(-c2cccc(N(CC34CCC(c5nc(C6CC6)no5)(CC3)CC4)C(=O)CC3CCC(F)(F)CC3)c2)ccn1. The molecular formula is C35H42F2N4O3. The van der Waals surface area contributed by atoms with Crippen molar-refractivity contribution in [2.24, 2.45) is 11.3 Å². The highest BCUT2D eigenvalue weighted by Gasteiger charge is 2.53. The molecule has 0 unspecified atom stereocenters. The van der Waals surface area contributed by atoms with E-state index in [9.17, 15) is 13.6 Å². The Morgan fingerprint density at radius 2 is 1.70 bits per heavy atom. The third kappa shape index (κ3) is 5.98. The number of halogens is 2. The van der Waals surface area contributed by atoms with Crippen LogP contribution in [0.25, 0.3) is 11.1 Å². The molecule has 1 aromatic carbocycles. The minimum atomic E-state index is -2.61. The van der Waals surface area contributed by atoms with Gasteiger partial charge in [0.05, 0.1) is 6.61 Å². The number of alkyl halides is 2. The van der Waals surface area contributed by atoms with Crippen LogP contribution in [0.5, 0.6) is 5.88 Å². The first-order chi connectivity index (χ1) is 21.3. The lowest BCUT2D eigenvalue weighted by Gasteiger charge is -2.53. The van der Waals surface area contributed by atoms with E-state index in [0.717, 1.165) is 79.9 Å². The van der Waals surface area contributed by atoms with Gasteiger partial charge >= 0.3 is 0 Å². The Bertz CT molecular complexity index is 1470. The minimum absolute atomic E-state index is 0.00512. The molecule has 0 aliphatic heterocycles. The minimum Gasteiger partial charge on any atom is -0.478 e. The summed E-state index contributed by atoms with van der Waals surface area (Å²) in [7, 11) is 0. The molecule has 0 radical (unpaired) electrons. The van der Waals surface area contributed by atoms with E-state index in [1.54, 1.807) is 6.20 Å². The van der Waals surface area contributed by atoms with Gasteiger partial charge in [-0.2, -0.15) is 4.98 Å². The molecule has 1 amide bonds. The third-order valence-corrected chi connectivity index (χ3v) is 10.9. The molecule has 5 aliphatic carbocycles. The number of fused-ring (bicyclic) bond motifs is 3. The van der Waals surface area contributed by atoms with Gasteiger partial charge in [-0.3, -0.25) is 4.79 Å². The van der Waals surface area contributed by atoms with Gasteiger partial charge in [-0.05, 0) is 112 Å². The van der Waals surface area contributed by atoms with E-state index < -0.39 is 5.92 Å². The molecule has 7 nitrogen and oxygen atoms in total. The topological polar surface area (TPSA) is 81.4 Å². The van der Waals surface area contributed by atoms with Gasteiger partial charge in [-0.1, -0.05) is 17.3 Å². The number of carbonyl (C=O) groups excluding carboxylic acids is 1. The molecule has 0 spiro atoms. The summed E-state index contributed by atoms with van der Waals surface area (Å²) in [4.78, 5) is 25.3. The predicted octanol–water partition coefficient (Wildman–Crippen LogP) is 8.25. The van der Waals surface area contributed by atoms with E-state index in [1.807, 2.05) is 42.2 Å². The van der Waals surface area contributed by atoms with Crippen molar-refractivity contribution in [2.45, 2.75) is 108 Å². The van der Waals surface area contributed by atoms with Gasteiger partial charge in [-0.15, -0.1) is 0 Å². The Balaban J connectivity index is 1.13. The van der Waals surface area contributed by atoms with Gasteiger partial charge in [0.2, 0.25) is 23.6 Å². The van der Waals surface area contributed by atoms with Crippen LogP contribution >= 0.6 is 0 Å². The van der Waals surface area contributed by atoms with E-state index in [2.05, 4.69) is 16.2 Å². The highest BCUT2D eigenvalue weighted by atomic mass is 19.3. The van der Waals surface area contributed by atoms with Crippen LogP contribution in [0, 0.1) is 11.3 Å². The summed E-state index contributed by atoms with van der Waals surface area (Å²) in [6.07, 6.45) is 10.8. The zero-order valence-corrected chi connectivity index (χ0v) is 25.6. The maximum absolute atomic E-state index is 14.1. The fourth-order valence-corrected chi connectivity index (χ4v) is 7.77. The van der Waals surface area contributed by atoms with Crippen molar-refractivity contribution in [3.05, 3.63) is 54.3 Å². The zero-order chi connectivity index (χ0) is 30.4. The van der Waals surface area contributed by atoms with Crippen LogP contribution in [-0.4, -0.2) is 40.1 Å². The van der Waals surface area contributed by atoms with E-state index in [4.69, 9.17) is 14.2 Å². The average molecular weight is 605 g/mol. The molecular weight excluding hydrogens is 562 g/mol. The number of benzene rings is 1.